The third kappa shape index (κ3) is 6.56. The molecule has 0 heterocycles. The molecule has 0 aromatic heterocycles. The van der Waals surface area contributed by atoms with Crippen molar-refractivity contribution in [2.24, 2.45) is 5.92 Å². The number of imide groups is 1. The van der Waals surface area contributed by atoms with Crippen LogP contribution in [-0.4, -0.2) is 48.8 Å². The fourth-order valence-corrected chi connectivity index (χ4v) is 3.11. The first-order chi connectivity index (χ1) is 13.0. The van der Waals surface area contributed by atoms with Crippen molar-refractivity contribution in [2.45, 2.75) is 38.6 Å². The van der Waals surface area contributed by atoms with Gasteiger partial charge in [-0.3, -0.25) is 10.1 Å². The molecule has 0 bridgehead atoms. The van der Waals surface area contributed by atoms with Gasteiger partial charge in [-0.05, 0) is 30.9 Å². The highest BCUT2D eigenvalue weighted by molar-refractivity contribution is 5.99. The Labute approximate surface area is 158 Å². The van der Waals surface area contributed by atoms with Crippen LogP contribution in [-0.2, 0) is 9.53 Å². The normalized spacial score (nSPS) is 19.0. The third-order valence-electron chi connectivity index (χ3n) is 4.59. The molecule has 4 N–H and O–H groups in total. The second kappa shape index (κ2) is 10.5. The Morgan fingerprint density at radius 3 is 2.67 bits per heavy atom. The average Bonchev–Trinajstić information content (AvgIpc) is 2.66. The van der Waals surface area contributed by atoms with Crippen molar-refractivity contribution in [3.63, 3.8) is 0 Å². The molecule has 0 unspecified atom stereocenters. The van der Waals surface area contributed by atoms with E-state index in [-0.39, 0.29) is 24.8 Å². The van der Waals surface area contributed by atoms with Crippen molar-refractivity contribution in [1.82, 2.24) is 10.6 Å². The quantitative estimate of drug-likeness (QED) is 0.537. The zero-order valence-electron chi connectivity index (χ0n) is 15.5. The van der Waals surface area contributed by atoms with Gasteiger partial charge >= 0.3 is 12.0 Å². The van der Waals surface area contributed by atoms with E-state index < -0.39 is 24.5 Å². The average molecular weight is 377 g/mol. The second-order valence-corrected chi connectivity index (χ2v) is 6.66. The lowest BCUT2D eigenvalue weighted by Gasteiger charge is -2.29. The van der Waals surface area contributed by atoms with Crippen LogP contribution < -0.4 is 16.0 Å². The van der Waals surface area contributed by atoms with Gasteiger partial charge in [0.1, 0.15) is 0 Å². The van der Waals surface area contributed by atoms with Crippen LogP contribution in [0.25, 0.3) is 0 Å². The van der Waals surface area contributed by atoms with Gasteiger partial charge < -0.3 is 20.5 Å². The summed E-state index contributed by atoms with van der Waals surface area (Å²) in [5, 5.41) is 16.8. The minimum absolute atomic E-state index is 0.0542. The van der Waals surface area contributed by atoms with Gasteiger partial charge in [0, 0.05) is 18.3 Å². The lowest BCUT2D eigenvalue weighted by Crippen LogP contribution is -2.48. The smallest absolute Gasteiger partial charge is 0.340 e. The molecule has 27 heavy (non-hydrogen) atoms. The number of hydrogen-bond donors (Lipinski definition) is 4. The molecule has 2 rings (SSSR count). The molecule has 0 spiro atoms. The lowest BCUT2D eigenvalue weighted by molar-refractivity contribution is -0.123. The largest absolute Gasteiger partial charge is 0.452 e. The van der Waals surface area contributed by atoms with Crippen molar-refractivity contribution < 1.29 is 24.2 Å². The Hall–Kier alpha value is -2.61. The Bertz CT molecular complexity index is 665. The number of carbonyl (C=O) groups excluding carboxylic acids is 3. The predicted octanol–water partition coefficient (Wildman–Crippen LogP) is 1.65. The van der Waals surface area contributed by atoms with Gasteiger partial charge in [0.15, 0.2) is 6.61 Å². The Morgan fingerprint density at radius 2 is 1.93 bits per heavy atom. The number of esters is 1. The molecular weight excluding hydrogens is 350 g/mol. The molecule has 8 nitrogen and oxygen atoms in total. The molecule has 1 aliphatic carbocycles. The van der Waals surface area contributed by atoms with Crippen molar-refractivity contribution in [3.05, 3.63) is 29.8 Å². The van der Waals surface area contributed by atoms with E-state index in [1.165, 1.54) is 0 Å². The minimum Gasteiger partial charge on any atom is -0.452 e. The molecule has 1 aromatic rings. The summed E-state index contributed by atoms with van der Waals surface area (Å²) in [4.78, 5) is 36.0. The maximum Gasteiger partial charge on any atom is 0.340 e. The predicted molar refractivity (Wildman–Crippen MR) is 100 cm³/mol. The Balaban J connectivity index is 1.79. The topological polar surface area (TPSA) is 117 Å². The number of carbonyl (C=O) groups is 3. The summed E-state index contributed by atoms with van der Waals surface area (Å²) in [5.74, 6) is -1.00. The Morgan fingerprint density at radius 1 is 1.19 bits per heavy atom. The second-order valence-electron chi connectivity index (χ2n) is 6.66. The van der Waals surface area contributed by atoms with Crippen molar-refractivity contribution in [3.8, 4) is 0 Å². The van der Waals surface area contributed by atoms with E-state index in [2.05, 4.69) is 22.9 Å². The number of anilines is 1. The fraction of sp³-hybridized carbons (Fsp3) is 0.526. The highest BCUT2D eigenvalue weighted by Gasteiger charge is 2.23. The molecule has 1 saturated carbocycles. The van der Waals surface area contributed by atoms with Gasteiger partial charge in [-0.25, -0.2) is 9.59 Å². The maximum absolute atomic E-state index is 12.2. The van der Waals surface area contributed by atoms with E-state index in [9.17, 15) is 14.4 Å². The van der Waals surface area contributed by atoms with Gasteiger partial charge in [-0.15, -0.1) is 0 Å². The van der Waals surface area contributed by atoms with Gasteiger partial charge in [0.25, 0.3) is 5.91 Å². The summed E-state index contributed by atoms with van der Waals surface area (Å²) in [6.45, 7) is 1.72. The van der Waals surface area contributed by atoms with Gasteiger partial charge in [0.2, 0.25) is 0 Å². The number of ether oxygens (including phenoxy) is 1. The number of nitrogens with one attached hydrogen (secondary N) is 3. The summed E-state index contributed by atoms with van der Waals surface area (Å²) in [6, 6.07) is 6.11. The highest BCUT2D eigenvalue weighted by atomic mass is 16.5. The van der Waals surface area contributed by atoms with Crippen LogP contribution in [0.15, 0.2) is 24.3 Å². The van der Waals surface area contributed by atoms with Crippen LogP contribution in [0.3, 0.4) is 0 Å². The number of urea groups is 1. The molecule has 8 heteroatoms. The van der Waals surface area contributed by atoms with Crippen molar-refractivity contribution in [1.29, 1.82) is 0 Å². The van der Waals surface area contributed by atoms with Gasteiger partial charge in [0.05, 0.1) is 12.2 Å². The standard InChI is InChI=1S/C19H27N3O5/c1-13-6-2-4-8-15(13)21-19(26)22-17(24)12-27-18(25)14-7-3-5-9-16(14)20-10-11-23/h3,5,7,9,13,15,20,23H,2,4,6,8,10-12H2,1H3,(H2,21,22,24,26)/t13-,15+/m1/s1. The lowest BCUT2D eigenvalue weighted by atomic mass is 9.86. The monoisotopic (exact) mass is 377 g/mol. The number of aliphatic hydroxyl groups is 1. The third-order valence-corrected chi connectivity index (χ3v) is 4.59. The SMILES string of the molecule is C[C@@H]1CCCC[C@@H]1NC(=O)NC(=O)COC(=O)c1ccccc1NCCO. The van der Waals surface area contributed by atoms with E-state index in [1.54, 1.807) is 24.3 Å². The zero-order chi connectivity index (χ0) is 19.6. The molecule has 3 amide bonds. The first-order valence-electron chi connectivity index (χ1n) is 9.22. The minimum atomic E-state index is -0.690. The number of rotatable bonds is 7. The molecule has 148 valence electrons. The molecule has 0 aliphatic heterocycles. The molecule has 0 radical (unpaired) electrons. The van der Waals surface area contributed by atoms with E-state index in [0.29, 0.717) is 11.6 Å². The van der Waals surface area contributed by atoms with Crippen molar-refractivity contribution in [2.75, 3.05) is 25.1 Å². The van der Waals surface area contributed by atoms with Crippen LogP contribution >= 0.6 is 0 Å². The van der Waals surface area contributed by atoms with E-state index in [0.717, 1.165) is 25.7 Å². The maximum atomic E-state index is 12.2. The number of para-hydroxylation sites is 1. The fourth-order valence-electron chi connectivity index (χ4n) is 3.11. The first-order valence-corrected chi connectivity index (χ1v) is 9.22. The van der Waals surface area contributed by atoms with E-state index in [4.69, 9.17) is 9.84 Å². The number of aliphatic hydroxyl groups excluding tert-OH is 1. The van der Waals surface area contributed by atoms with Crippen LogP contribution in [0.5, 0.6) is 0 Å². The van der Waals surface area contributed by atoms with Gasteiger partial charge in [-0.1, -0.05) is 31.9 Å². The molecular formula is C19H27N3O5. The summed E-state index contributed by atoms with van der Waals surface area (Å²) < 4.78 is 4.99. The summed E-state index contributed by atoms with van der Waals surface area (Å²) in [6.07, 6.45) is 4.17. The molecule has 0 saturated heterocycles. The van der Waals surface area contributed by atoms with Gasteiger partial charge in [-0.2, -0.15) is 0 Å². The zero-order valence-corrected chi connectivity index (χ0v) is 15.5. The summed E-state index contributed by atoms with van der Waals surface area (Å²) in [5.41, 5.74) is 0.750. The highest BCUT2D eigenvalue weighted by Crippen LogP contribution is 2.23. The molecule has 1 aromatic carbocycles. The molecule has 2 atom stereocenters. The summed E-state index contributed by atoms with van der Waals surface area (Å²) >= 11 is 0. The van der Waals surface area contributed by atoms with Crippen LogP contribution in [0, 0.1) is 5.92 Å². The van der Waals surface area contributed by atoms with E-state index in [1.807, 2.05) is 0 Å². The van der Waals surface area contributed by atoms with Crippen LogP contribution in [0.1, 0.15) is 43.0 Å². The molecule has 1 aliphatic rings. The van der Waals surface area contributed by atoms with Crippen LogP contribution in [0.2, 0.25) is 0 Å². The number of amides is 3. The Kier molecular flexibility index (Phi) is 8.06. The van der Waals surface area contributed by atoms with E-state index >= 15 is 0 Å². The first kappa shape index (κ1) is 20.7. The van der Waals surface area contributed by atoms with Crippen LogP contribution in [0.4, 0.5) is 10.5 Å². The number of benzene rings is 1. The summed E-state index contributed by atoms with van der Waals surface area (Å²) in [7, 11) is 0. The molecule has 1 fully saturated rings. The van der Waals surface area contributed by atoms with Crippen molar-refractivity contribution >= 4 is 23.6 Å². The number of hydrogen-bond acceptors (Lipinski definition) is 6.